The molecule has 2 rings (SSSR count). The van der Waals surface area contributed by atoms with Gasteiger partial charge < -0.3 is 19.9 Å². The van der Waals surface area contributed by atoms with Gasteiger partial charge in [-0.25, -0.2) is 10.9 Å². The predicted molar refractivity (Wildman–Crippen MR) is 78.6 cm³/mol. The molecule has 2 unspecified atom stereocenters. The van der Waals surface area contributed by atoms with E-state index in [0.717, 1.165) is 0 Å². The lowest BCUT2D eigenvalue weighted by atomic mass is 10.3. The Balaban J connectivity index is 1.61. The van der Waals surface area contributed by atoms with Crippen molar-refractivity contribution < 1.29 is 14.2 Å². The van der Waals surface area contributed by atoms with Crippen LogP contribution in [0.4, 0.5) is 0 Å². The van der Waals surface area contributed by atoms with Crippen LogP contribution in [0.15, 0.2) is 24.5 Å². The van der Waals surface area contributed by atoms with Crippen LogP contribution < -0.4 is 21.9 Å². The minimum Gasteiger partial charge on any atom is -0.493 e. The summed E-state index contributed by atoms with van der Waals surface area (Å²) in [6, 6.07) is 0. The average molecular weight is 299 g/mol. The topological polar surface area (TPSA) is 93.0 Å². The third kappa shape index (κ3) is 6.10. The first kappa shape index (κ1) is 16.4. The quantitative estimate of drug-likeness (QED) is 0.307. The second kappa shape index (κ2) is 9.11. The van der Waals surface area contributed by atoms with Gasteiger partial charge in [0.05, 0.1) is 38.7 Å². The smallest absolute Gasteiger partial charge is 0.170 e. The Morgan fingerprint density at radius 3 is 2.76 bits per heavy atom. The fourth-order valence-electron chi connectivity index (χ4n) is 2.01. The van der Waals surface area contributed by atoms with E-state index in [4.69, 9.17) is 19.9 Å². The number of hydrogen-bond acceptors (Lipinski definition) is 8. The van der Waals surface area contributed by atoms with Gasteiger partial charge in [0.25, 0.3) is 0 Å². The zero-order chi connectivity index (χ0) is 14.9. The fraction of sp³-hybridized carbons (Fsp3) is 0.692. The van der Waals surface area contributed by atoms with Crippen LogP contribution in [0, 0.1) is 0 Å². The van der Waals surface area contributed by atoms with E-state index in [-0.39, 0.29) is 18.6 Å². The van der Waals surface area contributed by atoms with Crippen LogP contribution in [0.3, 0.4) is 0 Å². The Morgan fingerprint density at radius 1 is 1.29 bits per heavy atom. The molecular weight excluding hydrogens is 274 g/mol. The summed E-state index contributed by atoms with van der Waals surface area (Å²) in [6.07, 6.45) is 7.13. The lowest BCUT2D eigenvalue weighted by molar-refractivity contribution is -0.0418. The van der Waals surface area contributed by atoms with E-state index in [1.807, 2.05) is 30.4 Å². The van der Waals surface area contributed by atoms with Crippen molar-refractivity contribution in [2.24, 2.45) is 5.73 Å². The van der Waals surface area contributed by atoms with E-state index >= 15 is 0 Å². The minimum atomic E-state index is -0.208. The molecule has 1 fully saturated rings. The first-order chi connectivity index (χ1) is 10.3. The molecule has 8 heteroatoms. The lowest BCUT2D eigenvalue weighted by Gasteiger charge is -2.27. The zero-order valence-corrected chi connectivity index (χ0v) is 12.3. The van der Waals surface area contributed by atoms with E-state index in [0.29, 0.717) is 32.8 Å². The second-order valence-corrected chi connectivity index (χ2v) is 4.77. The van der Waals surface area contributed by atoms with Crippen LogP contribution in [0.2, 0.25) is 0 Å². The Labute approximate surface area is 125 Å². The molecule has 0 amide bonds. The van der Waals surface area contributed by atoms with Crippen molar-refractivity contribution in [2.75, 3.05) is 39.9 Å². The summed E-state index contributed by atoms with van der Waals surface area (Å²) in [7, 11) is 1.83. The van der Waals surface area contributed by atoms with Gasteiger partial charge in [0.1, 0.15) is 6.10 Å². The van der Waals surface area contributed by atoms with Gasteiger partial charge in [0, 0.05) is 13.6 Å². The number of nitrogens with one attached hydrogen (secondary N) is 3. The van der Waals surface area contributed by atoms with Crippen LogP contribution in [-0.2, 0) is 14.2 Å². The maximum atomic E-state index is 6.04. The summed E-state index contributed by atoms with van der Waals surface area (Å²) in [5, 5.41) is 5.00. The van der Waals surface area contributed by atoms with Gasteiger partial charge in [-0.2, -0.15) is 5.12 Å². The molecular formula is C13H25N5O3. The molecule has 8 nitrogen and oxygen atoms in total. The summed E-state index contributed by atoms with van der Waals surface area (Å²) in [5.41, 5.74) is 12.3. The van der Waals surface area contributed by atoms with E-state index in [1.54, 1.807) is 6.26 Å². The van der Waals surface area contributed by atoms with Crippen molar-refractivity contribution in [1.82, 2.24) is 21.3 Å². The fourth-order valence-corrected chi connectivity index (χ4v) is 2.01. The number of hydrazine groups is 2. The normalized spacial score (nSPS) is 23.7. The molecule has 0 saturated carbocycles. The Hall–Kier alpha value is -1.00. The number of nitrogens with zero attached hydrogens (tertiary/aromatic N) is 1. The molecule has 2 aliphatic heterocycles. The molecule has 21 heavy (non-hydrogen) atoms. The summed E-state index contributed by atoms with van der Waals surface area (Å²) in [4.78, 5) is 0. The van der Waals surface area contributed by atoms with E-state index < -0.39 is 0 Å². The molecule has 2 atom stereocenters. The van der Waals surface area contributed by atoms with Crippen LogP contribution in [-0.4, -0.2) is 63.6 Å². The van der Waals surface area contributed by atoms with E-state index in [2.05, 4.69) is 16.2 Å². The van der Waals surface area contributed by atoms with Gasteiger partial charge >= 0.3 is 0 Å². The molecule has 0 aromatic carbocycles. The Kier molecular flexibility index (Phi) is 7.10. The number of rotatable bonds is 9. The monoisotopic (exact) mass is 299 g/mol. The first-order valence-corrected chi connectivity index (χ1v) is 7.17. The summed E-state index contributed by atoms with van der Waals surface area (Å²) < 4.78 is 16.1. The lowest BCUT2D eigenvalue weighted by Crippen LogP contribution is -2.57. The summed E-state index contributed by atoms with van der Waals surface area (Å²) in [5.74, 6) is 0. The number of allylic oxidation sites excluding steroid dienone is 2. The van der Waals surface area contributed by atoms with Gasteiger partial charge in [-0.3, -0.25) is 5.32 Å². The van der Waals surface area contributed by atoms with Gasteiger partial charge in [-0.15, -0.1) is 0 Å². The molecule has 0 spiro atoms. The second-order valence-electron chi connectivity index (χ2n) is 4.77. The third-order valence-electron chi connectivity index (χ3n) is 3.14. The Bertz CT molecular complexity index is 347. The molecule has 0 radical (unpaired) electrons. The highest BCUT2D eigenvalue weighted by atomic mass is 16.7. The SMILES string of the molecule is CNN(CC(N)NCC1OCCO1)NCC1C=CC=CO1. The maximum Gasteiger partial charge on any atom is 0.170 e. The van der Waals surface area contributed by atoms with E-state index in [9.17, 15) is 0 Å². The number of ether oxygens (including phenoxy) is 3. The van der Waals surface area contributed by atoms with Gasteiger partial charge in [-0.05, 0) is 12.2 Å². The van der Waals surface area contributed by atoms with Crippen molar-refractivity contribution in [3.05, 3.63) is 24.5 Å². The highest BCUT2D eigenvalue weighted by molar-refractivity contribution is 5.07. The molecule has 0 aliphatic carbocycles. The van der Waals surface area contributed by atoms with Crippen molar-refractivity contribution in [3.63, 3.8) is 0 Å². The predicted octanol–water partition coefficient (Wildman–Crippen LogP) is -1.36. The standard InChI is InChI=1S/C13H25N5O3/c1-15-18(17-8-11-4-2-3-5-19-11)10-12(14)16-9-13-20-6-7-21-13/h2-5,11-13,15-17H,6-10,14H2,1H3. The van der Waals surface area contributed by atoms with Crippen molar-refractivity contribution in [1.29, 1.82) is 0 Å². The maximum absolute atomic E-state index is 6.04. The van der Waals surface area contributed by atoms with Crippen LogP contribution in [0.25, 0.3) is 0 Å². The molecule has 120 valence electrons. The highest BCUT2D eigenvalue weighted by Gasteiger charge is 2.17. The molecule has 2 aliphatic rings. The zero-order valence-electron chi connectivity index (χ0n) is 12.3. The number of hydrogen-bond donors (Lipinski definition) is 4. The molecule has 0 bridgehead atoms. The Morgan fingerprint density at radius 2 is 2.10 bits per heavy atom. The average Bonchev–Trinajstić information content (AvgIpc) is 3.04. The van der Waals surface area contributed by atoms with Crippen LogP contribution in [0.1, 0.15) is 0 Å². The van der Waals surface area contributed by atoms with E-state index in [1.165, 1.54) is 0 Å². The number of nitrogens with two attached hydrogens (primary N) is 1. The first-order valence-electron chi connectivity index (χ1n) is 7.17. The molecule has 0 aromatic heterocycles. The van der Waals surface area contributed by atoms with Crippen LogP contribution in [0.5, 0.6) is 0 Å². The molecule has 0 aromatic rings. The largest absolute Gasteiger partial charge is 0.493 e. The molecule has 5 N–H and O–H groups in total. The van der Waals surface area contributed by atoms with Crippen LogP contribution >= 0.6 is 0 Å². The van der Waals surface area contributed by atoms with Gasteiger partial charge in [-0.1, -0.05) is 6.08 Å². The minimum absolute atomic E-state index is 0.0234. The molecule has 1 saturated heterocycles. The van der Waals surface area contributed by atoms with Crippen molar-refractivity contribution >= 4 is 0 Å². The van der Waals surface area contributed by atoms with Gasteiger partial charge in [0.2, 0.25) is 0 Å². The van der Waals surface area contributed by atoms with Crippen molar-refractivity contribution in [2.45, 2.75) is 18.6 Å². The summed E-state index contributed by atoms with van der Waals surface area (Å²) in [6.45, 7) is 3.11. The molecule has 2 heterocycles. The summed E-state index contributed by atoms with van der Waals surface area (Å²) >= 11 is 0. The van der Waals surface area contributed by atoms with Crippen molar-refractivity contribution in [3.8, 4) is 0 Å². The van der Waals surface area contributed by atoms with Gasteiger partial charge in [0.15, 0.2) is 6.29 Å². The highest BCUT2D eigenvalue weighted by Crippen LogP contribution is 2.02. The third-order valence-corrected chi connectivity index (χ3v) is 3.14.